The topological polar surface area (TPSA) is 72.7 Å². The van der Waals surface area contributed by atoms with Gasteiger partial charge in [-0.3, -0.25) is 15.0 Å². The van der Waals surface area contributed by atoms with E-state index in [-0.39, 0.29) is 17.6 Å². The number of carbonyl (C=O) groups is 1. The van der Waals surface area contributed by atoms with Gasteiger partial charge in [-0.2, -0.15) is 0 Å². The van der Waals surface area contributed by atoms with Gasteiger partial charge in [-0.15, -0.1) is 0 Å². The molecule has 0 atom stereocenters. The van der Waals surface area contributed by atoms with Crippen molar-refractivity contribution in [3.8, 4) is 0 Å². The molecule has 0 radical (unpaired) electrons. The summed E-state index contributed by atoms with van der Waals surface area (Å²) in [5.74, 6) is 0. The molecule has 1 aromatic carbocycles. The molecule has 0 aliphatic carbocycles. The predicted octanol–water partition coefficient (Wildman–Crippen LogP) is 2.76. The first-order valence-corrected chi connectivity index (χ1v) is 6.50. The molecule has 1 aliphatic rings. The summed E-state index contributed by atoms with van der Waals surface area (Å²) in [7, 11) is 0. The predicted molar refractivity (Wildman–Crippen MR) is 74.4 cm³/mol. The van der Waals surface area contributed by atoms with Gasteiger partial charge in [0.2, 0.25) is 6.54 Å². The summed E-state index contributed by atoms with van der Waals surface area (Å²) < 4.78 is 5.35. The van der Waals surface area contributed by atoms with E-state index in [4.69, 9.17) is 4.74 Å². The second-order valence-corrected chi connectivity index (χ2v) is 5.84. The van der Waals surface area contributed by atoms with Crippen LogP contribution < -0.4 is 4.90 Å². The maximum atomic E-state index is 12.1. The van der Waals surface area contributed by atoms with Crippen molar-refractivity contribution in [1.29, 1.82) is 0 Å². The van der Waals surface area contributed by atoms with Gasteiger partial charge < -0.3 is 4.74 Å². The average molecular weight is 278 g/mol. The van der Waals surface area contributed by atoms with Crippen LogP contribution in [0.2, 0.25) is 0 Å². The molecule has 0 saturated heterocycles. The molecule has 0 saturated carbocycles. The van der Waals surface area contributed by atoms with Crippen molar-refractivity contribution in [2.75, 3.05) is 11.4 Å². The molecule has 0 spiro atoms. The van der Waals surface area contributed by atoms with Crippen molar-refractivity contribution in [2.24, 2.45) is 0 Å². The lowest BCUT2D eigenvalue weighted by atomic mass is 10.1. The lowest BCUT2D eigenvalue weighted by Crippen LogP contribution is -2.35. The van der Waals surface area contributed by atoms with E-state index < -0.39 is 5.60 Å². The Balaban J connectivity index is 2.17. The number of rotatable bonds is 2. The van der Waals surface area contributed by atoms with E-state index in [2.05, 4.69) is 0 Å². The Labute approximate surface area is 117 Å². The molecule has 20 heavy (non-hydrogen) atoms. The number of ether oxygens (including phenoxy) is 1. The van der Waals surface area contributed by atoms with E-state index >= 15 is 0 Å². The van der Waals surface area contributed by atoms with Gasteiger partial charge in [-0.25, -0.2) is 4.79 Å². The normalized spacial score (nSPS) is 14.1. The fraction of sp³-hybridized carbons (Fsp3) is 0.500. The van der Waals surface area contributed by atoms with Crippen LogP contribution >= 0.6 is 0 Å². The van der Waals surface area contributed by atoms with Crippen molar-refractivity contribution >= 4 is 11.8 Å². The van der Waals surface area contributed by atoms with E-state index in [0.717, 1.165) is 11.3 Å². The highest BCUT2D eigenvalue weighted by Gasteiger charge is 2.29. The van der Waals surface area contributed by atoms with Crippen LogP contribution in [-0.2, 0) is 17.7 Å². The molecular formula is C14H18N2O4. The number of hydrogen-bond donors (Lipinski definition) is 0. The van der Waals surface area contributed by atoms with Crippen LogP contribution in [0.4, 0.5) is 10.5 Å². The Kier molecular flexibility index (Phi) is 3.65. The summed E-state index contributed by atoms with van der Waals surface area (Å²) in [6.45, 7) is 5.82. The summed E-state index contributed by atoms with van der Waals surface area (Å²) in [4.78, 5) is 23.8. The van der Waals surface area contributed by atoms with Crippen molar-refractivity contribution in [1.82, 2.24) is 0 Å². The lowest BCUT2D eigenvalue weighted by molar-refractivity contribution is -0.496. The molecule has 0 bridgehead atoms. The molecule has 0 unspecified atom stereocenters. The van der Waals surface area contributed by atoms with E-state index in [1.165, 1.54) is 0 Å². The fourth-order valence-corrected chi connectivity index (χ4v) is 2.21. The summed E-state index contributed by atoms with van der Waals surface area (Å²) >= 11 is 0. The van der Waals surface area contributed by atoms with E-state index in [1.807, 2.05) is 20.8 Å². The summed E-state index contributed by atoms with van der Waals surface area (Å²) in [6, 6.07) is 5.23. The van der Waals surface area contributed by atoms with Gasteiger partial charge in [-0.05, 0) is 44.9 Å². The third kappa shape index (κ3) is 3.26. The fourth-order valence-electron chi connectivity index (χ4n) is 2.21. The number of amides is 1. The largest absolute Gasteiger partial charge is 0.443 e. The van der Waals surface area contributed by atoms with Crippen molar-refractivity contribution in [2.45, 2.75) is 39.3 Å². The molecular weight excluding hydrogens is 260 g/mol. The van der Waals surface area contributed by atoms with Gasteiger partial charge in [0, 0.05) is 17.0 Å². The third-order valence-electron chi connectivity index (χ3n) is 2.97. The van der Waals surface area contributed by atoms with E-state index in [9.17, 15) is 14.9 Å². The number of fused-ring (bicyclic) bond motifs is 1. The van der Waals surface area contributed by atoms with Crippen molar-refractivity contribution in [3.63, 3.8) is 0 Å². The molecule has 108 valence electrons. The third-order valence-corrected chi connectivity index (χ3v) is 2.97. The Morgan fingerprint density at radius 3 is 2.75 bits per heavy atom. The first kappa shape index (κ1) is 14.3. The van der Waals surface area contributed by atoms with Crippen LogP contribution in [0.1, 0.15) is 31.9 Å². The maximum Gasteiger partial charge on any atom is 0.414 e. The quantitative estimate of drug-likeness (QED) is 0.616. The molecule has 1 aliphatic heterocycles. The standard InChI is InChI=1S/C14H18N2O4/c1-14(2,3)20-13(17)15-7-6-11-8-10(9-16(18)19)4-5-12(11)15/h4-5,8H,6-7,9H2,1-3H3. The van der Waals surface area contributed by atoms with Gasteiger partial charge >= 0.3 is 6.09 Å². The first-order chi connectivity index (χ1) is 9.26. The zero-order chi connectivity index (χ0) is 14.9. The zero-order valence-electron chi connectivity index (χ0n) is 11.9. The van der Waals surface area contributed by atoms with Crippen LogP contribution in [0.5, 0.6) is 0 Å². The van der Waals surface area contributed by atoms with Gasteiger partial charge in [0.1, 0.15) is 5.60 Å². The van der Waals surface area contributed by atoms with Crippen LogP contribution in [0, 0.1) is 10.1 Å². The monoisotopic (exact) mass is 278 g/mol. The SMILES string of the molecule is CC(C)(C)OC(=O)N1CCc2cc(C[N+](=O)[O-])ccc21. The van der Waals surface area contributed by atoms with Gasteiger partial charge in [-0.1, -0.05) is 6.07 Å². The highest BCUT2D eigenvalue weighted by Crippen LogP contribution is 2.30. The van der Waals surface area contributed by atoms with Crippen LogP contribution in [0.15, 0.2) is 18.2 Å². The first-order valence-electron chi connectivity index (χ1n) is 6.50. The van der Waals surface area contributed by atoms with Gasteiger partial charge in [0.25, 0.3) is 0 Å². The minimum absolute atomic E-state index is 0.195. The van der Waals surface area contributed by atoms with Crippen LogP contribution in [0.3, 0.4) is 0 Å². The molecule has 1 aromatic rings. The number of anilines is 1. The average Bonchev–Trinajstić information content (AvgIpc) is 2.68. The molecule has 0 aromatic heterocycles. The van der Waals surface area contributed by atoms with Crippen molar-refractivity contribution in [3.05, 3.63) is 39.4 Å². The highest BCUT2D eigenvalue weighted by atomic mass is 16.6. The molecule has 6 heteroatoms. The van der Waals surface area contributed by atoms with Gasteiger partial charge in [0.15, 0.2) is 0 Å². The van der Waals surface area contributed by atoms with Crippen LogP contribution in [0.25, 0.3) is 0 Å². The number of nitrogens with zero attached hydrogens (tertiary/aromatic N) is 2. The number of carbonyl (C=O) groups excluding carboxylic acids is 1. The van der Waals surface area contributed by atoms with Crippen molar-refractivity contribution < 1.29 is 14.5 Å². The minimum Gasteiger partial charge on any atom is -0.443 e. The summed E-state index contributed by atoms with van der Waals surface area (Å²) in [5, 5.41) is 10.5. The number of nitro groups is 1. The smallest absolute Gasteiger partial charge is 0.414 e. The highest BCUT2D eigenvalue weighted by molar-refractivity contribution is 5.90. The summed E-state index contributed by atoms with van der Waals surface area (Å²) in [5.41, 5.74) is 1.85. The Morgan fingerprint density at radius 1 is 1.45 bits per heavy atom. The van der Waals surface area contributed by atoms with Gasteiger partial charge in [0.05, 0.1) is 5.69 Å². The summed E-state index contributed by atoms with van der Waals surface area (Å²) in [6.07, 6.45) is 0.318. The van der Waals surface area contributed by atoms with E-state index in [0.29, 0.717) is 18.5 Å². The molecule has 2 rings (SSSR count). The molecule has 1 amide bonds. The Morgan fingerprint density at radius 2 is 2.15 bits per heavy atom. The molecule has 0 fully saturated rings. The lowest BCUT2D eigenvalue weighted by Gasteiger charge is -2.24. The Hall–Kier alpha value is -2.11. The zero-order valence-corrected chi connectivity index (χ0v) is 11.9. The molecule has 6 nitrogen and oxygen atoms in total. The molecule has 0 N–H and O–H groups in total. The minimum atomic E-state index is -0.536. The second-order valence-electron chi connectivity index (χ2n) is 5.84. The Bertz CT molecular complexity index is 549. The van der Waals surface area contributed by atoms with Crippen LogP contribution in [-0.4, -0.2) is 23.2 Å². The number of benzene rings is 1. The second kappa shape index (κ2) is 5.11. The number of hydrogen-bond acceptors (Lipinski definition) is 4. The molecule has 1 heterocycles. The maximum absolute atomic E-state index is 12.1. The van der Waals surface area contributed by atoms with E-state index in [1.54, 1.807) is 23.1 Å².